The quantitative estimate of drug-likeness (QED) is 0.832. The number of likely N-dealkylation sites (tertiary alicyclic amines) is 2. The molecule has 2 aromatic rings. The monoisotopic (exact) mass is 371 g/mol. The third kappa shape index (κ3) is 2.73. The molecular formula is C21H26FN3O2. The van der Waals surface area contributed by atoms with Gasteiger partial charge >= 0.3 is 0 Å². The standard InChI is InChI=1S/C21H26FN3O2/c1-13-16-12-15(22)7-8-17(16)23-19(13)20(27)24-10-5-9-21(3)18(24)6-4-11-25(21)14(2)26/h7-8,12,18,23H,4-6,9-11H2,1-3H3/t18-,21-/m0/s1. The number of benzene rings is 1. The van der Waals surface area contributed by atoms with E-state index >= 15 is 0 Å². The number of H-pyrrole nitrogens is 1. The van der Waals surface area contributed by atoms with Crippen molar-refractivity contribution in [1.82, 2.24) is 14.8 Å². The number of fused-ring (bicyclic) bond motifs is 2. The number of carbonyl (C=O) groups is 2. The molecule has 2 amide bonds. The highest BCUT2D eigenvalue weighted by Crippen LogP contribution is 2.40. The number of hydrogen-bond donors (Lipinski definition) is 1. The molecule has 2 aliphatic heterocycles. The summed E-state index contributed by atoms with van der Waals surface area (Å²) < 4.78 is 13.6. The van der Waals surface area contributed by atoms with Crippen LogP contribution in [0.4, 0.5) is 4.39 Å². The number of aromatic amines is 1. The molecular weight excluding hydrogens is 345 g/mol. The molecule has 27 heavy (non-hydrogen) atoms. The van der Waals surface area contributed by atoms with Crippen LogP contribution >= 0.6 is 0 Å². The summed E-state index contributed by atoms with van der Waals surface area (Å²) in [5.41, 5.74) is 1.76. The van der Waals surface area contributed by atoms with Gasteiger partial charge in [-0.05, 0) is 63.3 Å². The van der Waals surface area contributed by atoms with E-state index in [0.29, 0.717) is 12.2 Å². The molecule has 0 radical (unpaired) electrons. The number of aryl methyl sites for hydroxylation is 1. The lowest BCUT2D eigenvalue weighted by atomic mass is 9.76. The molecule has 0 aliphatic carbocycles. The minimum Gasteiger partial charge on any atom is -0.350 e. The zero-order valence-corrected chi connectivity index (χ0v) is 16.1. The van der Waals surface area contributed by atoms with E-state index in [1.807, 2.05) is 16.7 Å². The molecule has 2 aliphatic rings. The second-order valence-corrected chi connectivity index (χ2v) is 8.10. The Morgan fingerprint density at radius 3 is 2.78 bits per heavy atom. The van der Waals surface area contributed by atoms with Crippen molar-refractivity contribution in [3.05, 3.63) is 35.3 Å². The summed E-state index contributed by atoms with van der Waals surface area (Å²) in [6.07, 6.45) is 3.59. The largest absolute Gasteiger partial charge is 0.350 e. The van der Waals surface area contributed by atoms with E-state index in [9.17, 15) is 14.0 Å². The maximum absolute atomic E-state index is 13.6. The maximum atomic E-state index is 13.6. The Balaban J connectivity index is 1.71. The number of amides is 2. The van der Waals surface area contributed by atoms with Crippen LogP contribution in [0.2, 0.25) is 0 Å². The van der Waals surface area contributed by atoms with E-state index in [4.69, 9.17) is 0 Å². The third-order valence-corrected chi connectivity index (χ3v) is 6.53. The van der Waals surface area contributed by atoms with Crippen molar-refractivity contribution < 1.29 is 14.0 Å². The fourth-order valence-electron chi connectivity index (χ4n) is 5.16. The van der Waals surface area contributed by atoms with Crippen LogP contribution in [-0.2, 0) is 4.79 Å². The summed E-state index contributed by atoms with van der Waals surface area (Å²) in [6.45, 7) is 7.04. The highest BCUT2D eigenvalue weighted by Gasteiger charge is 2.49. The second-order valence-electron chi connectivity index (χ2n) is 8.10. The molecule has 2 atom stereocenters. The summed E-state index contributed by atoms with van der Waals surface area (Å²) in [6, 6.07) is 4.55. The van der Waals surface area contributed by atoms with Crippen molar-refractivity contribution >= 4 is 22.7 Å². The Morgan fingerprint density at radius 2 is 2.04 bits per heavy atom. The van der Waals surface area contributed by atoms with Crippen molar-refractivity contribution in [2.24, 2.45) is 0 Å². The first kappa shape index (κ1) is 18.0. The smallest absolute Gasteiger partial charge is 0.270 e. The molecule has 0 spiro atoms. The minimum atomic E-state index is -0.315. The van der Waals surface area contributed by atoms with Gasteiger partial charge in [-0.3, -0.25) is 9.59 Å². The van der Waals surface area contributed by atoms with Crippen LogP contribution in [0.3, 0.4) is 0 Å². The molecule has 1 N–H and O–H groups in total. The molecule has 3 heterocycles. The van der Waals surface area contributed by atoms with Crippen molar-refractivity contribution in [2.45, 2.75) is 58.0 Å². The number of rotatable bonds is 1. The number of aromatic nitrogens is 1. The number of piperidine rings is 2. The first-order valence-corrected chi connectivity index (χ1v) is 9.70. The Labute approximate surface area is 158 Å². The van der Waals surface area contributed by atoms with Gasteiger partial charge in [-0.1, -0.05) is 0 Å². The van der Waals surface area contributed by atoms with E-state index in [-0.39, 0.29) is 29.2 Å². The van der Waals surface area contributed by atoms with Gasteiger partial charge in [-0.15, -0.1) is 0 Å². The van der Waals surface area contributed by atoms with E-state index in [2.05, 4.69) is 11.9 Å². The highest BCUT2D eigenvalue weighted by molar-refractivity contribution is 6.01. The van der Waals surface area contributed by atoms with Crippen LogP contribution in [0, 0.1) is 12.7 Å². The Morgan fingerprint density at radius 1 is 1.26 bits per heavy atom. The van der Waals surface area contributed by atoms with Crippen LogP contribution in [0.25, 0.3) is 10.9 Å². The Bertz CT molecular complexity index is 922. The average molecular weight is 371 g/mol. The van der Waals surface area contributed by atoms with Crippen LogP contribution in [-0.4, -0.2) is 51.3 Å². The average Bonchev–Trinajstić information content (AvgIpc) is 2.95. The number of halogens is 1. The lowest BCUT2D eigenvalue weighted by molar-refractivity contribution is -0.143. The first-order chi connectivity index (χ1) is 12.8. The van der Waals surface area contributed by atoms with Gasteiger partial charge in [-0.25, -0.2) is 4.39 Å². The summed E-state index contributed by atoms with van der Waals surface area (Å²) >= 11 is 0. The normalized spacial score (nSPS) is 25.6. The van der Waals surface area contributed by atoms with Crippen LogP contribution in [0.15, 0.2) is 18.2 Å². The molecule has 1 aromatic carbocycles. The lowest BCUT2D eigenvalue weighted by Crippen LogP contribution is -2.68. The van der Waals surface area contributed by atoms with Crippen LogP contribution in [0.5, 0.6) is 0 Å². The Hall–Kier alpha value is -2.37. The van der Waals surface area contributed by atoms with Gasteiger partial charge in [0.2, 0.25) is 5.91 Å². The van der Waals surface area contributed by atoms with Crippen molar-refractivity contribution in [3.63, 3.8) is 0 Å². The molecule has 4 rings (SSSR count). The van der Waals surface area contributed by atoms with Gasteiger partial charge in [0.05, 0.1) is 11.6 Å². The van der Waals surface area contributed by atoms with Gasteiger partial charge in [0.1, 0.15) is 11.5 Å². The first-order valence-electron chi connectivity index (χ1n) is 9.70. The molecule has 6 heteroatoms. The molecule has 5 nitrogen and oxygen atoms in total. The van der Waals surface area contributed by atoms with E-state index < -0.39 is 0 Å². The molecule has 144 valence electrons. The molecule has 0 unspecified atom stereocenters. The van der Waals surface area contributed by atoms with E-state index in [1.54, 1.807) is 13.0 Å². The summed E-state index contributed by atoms with van der Waals surface area (Å²) in [5, 5.41) is 0.743. The van der Waals surface area contributed by atoms with Crippen molar-refractivity contribution in [2.75, 3.05) is 13.1 Å². The van der Waals surface area contributed by atoms with Gasteiger partial charge in [0, 0.05) is 30.9 Å². The zero-order valence-electron chi connectivity index (χ0n) is 16.1. The fourth-order valence-corrected chi connectivity index (χ4v) is 5.16. The molecule has 2 fully saturated rings. The number of carbonyl (C=O) groups excluding carboxylic acids is 2. The van der Waals surface area contributed by atoms with Crippen molar-refractivity contribution in [3.8, 4) is 0 Å². The molecule has 1 aromatic heterocycles. The predicted octanol–water partition coefficient (Wildman–Crippen LogP) is 3.62. The third-order valence-electron chi connectivity index (χ3n) is 6.53. The second kappa shape index (κ2) is 6.36. The van der Waals surface area contributed by atoms with Crippen molar-refractivity contribution in [1.29, 1.82) is 0 Å². The summed E-state index contributed by atoms with van der Waals surface area (Å²) in [4.78, 5) is 32.7. The highest BCUT2D eigenvalue weighted by atomic mass is 19.1. The topological polar surface area (TPSA) is 56.4 Å². The number of hydrogen-bond acceptors (Lipinski definition) is 2. The Kier molecular flexibility index (Phi) is 4.24. The molecule has 0 bridgehead atoms. The summed E-state index contributed by atoms with van der Waals surface area (Å²) in [7, 11) is 0. The fraction of sp³-hybridized carbons (Fsp3) is 0.524. The number of nitrogens with one attached hydrogen (secondary N) is 1. The van der Waals surface area contributed by atoms with Gasteiger partial charge < -0.3 is 14.8 Å². The van der Waals surface area contributed by atoms with Gasteiger partial charge in [0.25, 0.3) is 5.91 Å². The van der Waals surface area contributed by atoms with E-state index in [1.165, 1.54) is 12.1 Å². The minimum absolute atomic E-state index is 0.0129. The summed E-state index contributed by atoms with van der Waals surface area (Å²) in [5.74, 6) is -0.280. The maximum Gasteiger partial charge on any atom is 0.270 e. The van der Waals surface area contributed by atoms with Gasteiger partial charge in [0.15, 0.2) is 0 Å². The van der Waals surface area contributed by atoms with Crippen LogP contribution < -0.4 is 0 Å². The molecule has 0 saturated carbocycles. The lowest BCUT2D eigenvalue weighted by Gasteiger charge is -2.56. The predicted molar refractivity (Wildman–Crippen MR) is 102 cm³/mol. The van der Waals surface area contributed by atoms with E-state index in [0.717, 1.165) is 48.7 Å². The van der Waals surface area contributed by atoms with Crippen LogP contribution in [0.1, 0.15) is 55.6 Å². The molecule has 2 saturated heterocycles. The zero-order chi connectivity index (χ0) is 19.3. The number of nitrogens with zero attached hydrogens (tertiary/aromatic N) is 2. The van der Waals surface area contributed by atoms with Gasteiger partial charge in [-0.2, -0.15) is 0 Å². The SMILES string of the molecule is CC(=O)N1CCC[C@@H]2N(C(=O)c3[nH]c4ccc(F)cc4c3C)CCC[C@@]21C.